The maximum Gasteiger partial charge on any atom is 0.159 e. The fraction of sp³-hybridized carbons (Fsp3) is 0.222. The maximum absolute atomic E-state index is 9.84. The van der Waals surface area contributed by atoms with Gasteiger partial charge >= 0.3 is 0 Å². The van der Waals surface area contributed by atoms with Crippen molar-refractivity contribution in [2.75, 3.05) is 13.1 Å². The van der Waals surface area contributed by atoms with Crippen molar-refractivity contribution >= 4 is 16.5 Å². The molecule has 5 aromatic rings. The Morgan fingerprint density at radius 1 is 1.11 bits per heavy atom. The van der Waals surface area contributed by atoms with Crippen molar-refractivity contribution in [3.63, 3.8) is 0 Å². The first-order chi connectivity index (χ1) is 17.2. The number of hydrogen-bond acceptors (Lipinski definition) is 5. The number of rotatable bonds is 6. The minimum atomic E-state index is 0.294. The molecule has 1 aliphatic rings. The molecule has 0 fully saturated rings. The van der Waals surface area contributed by atoms with E-state index in [1.165, 1.54) is 5.57 Å². The third-order valence-corrected chi connectivity index (χ3v) is 6.72. The number of nitrogens with one attached hydrogen (secondary N) is 3. The molecule has 0 saturated heterocycles. The van der Waals surface area contributed by atoms with Gasteiger partial charge in [0.2, 0.25) is 0 Å². The minimum Gasteiger partial charge on any atom is -0.508 e. The average Bonchev–Trinajstić information content (AvgIpc) is 3.65. The molecule has 4 heterocycles. The van der Waals surface area contributed by atoms with Crippen LogP contribution in [0, 0.1) is 0 Å². The van der Waals surface area contributed by atoms with Crippen LogP contribution in [0.2, 0.25) is 0 Å². The number of H-pyrrole nitrogens is 3. The summed E-state index contributed by atoms with van der Waals surface area (Å²) >= 11 is 0. The van der Waals surface area contributed by atoms with E-state index in [2.05, 4.69) is 61.2 Å². The molecular weight excluding hydrogens is 438 g/mol. The Hall–Kier alpha value is -4.17. The van der Waals surface area contributed by atoms with Crippen LogP contribution in [0.25, 0.3) is 39.1 Å². The first-order valence-electron chi connectivity index (χ1n) is 11.9. The number of aromatic amines is 3. The number of hydrogen-bond donors (Lipinski definition) is 4. The molecule has 6 rings (SSSR count). The third kappa shape index (κ3) is 4.13. The molecule has 8 nitrogen and oxygen atoms in total. The van der Waals surface area contributed by atoms with E-state index < -0.39 is 0 Å². The Morgan fingerprint density at radius 3 is 2.86 bits per heavy atom. The van der Waals surface area contributed by atoms with Crippen molar-refractivity contribution in [2.24, 2.45) is 0 Å². The van der Waals surface area contributed by atoms with Crippen molar-refractivity contribution in [3.05, 3.63) is 78.1 Å². The second kappa shape index (κ2) is 8.88. The lowest BCUT2D eigenvalue weighted by atomic mass is 9.97. The van der Waals surface area contributed by atoms with Gasteiger partial charge in [0, 0.05) is 43.1 Å². The summed E-state index contributed by atoms with van der Waals surface area (Å²) in [5, 5.41) is 18.6. The highest BCUT2D eigenvalue weighted by Gasteiger charge is 2.18. The van der Waals surface area contributed by atoms with Gasteiger partial charge in [-0.3, -0.25) is 10.00 Å². The molecule has 0 atom stereocenters. The zero-order chi connectivity index (χ0) is 23.8. The number of imidazole rings is 2. The van der Waals surface area contributed by atoms with Crippen LogP contribution < -0.4 is 0 Å². The van der Waals surface area contributed by atoms with Gasteiger partial charge < -0.3 is 15.1 Å². The highest BCUT2D eigenvalue weighted by molar-refractivity contribution is 5.94. The number of aryl methyl sites for hydroxylation is 1. The van der Waals surface area contributed by atoms with E-state index >= 15 is 0 Å². The second-order valence-electron chi connectivity index (χ2n) is 8.95. The molecule has 0 spiro atoms. The van der Waals surface area contributed by atoms with Gasteiger partial charge in [0.05, 0.1) is 17.5 Å². The maximum atomic E-state index is 9.84. The molecule has 0 bridgehead atoms. The second-order valence-corrected chi connectivity index (χ2v) is 8.95. The van der Waals surface area contributed by atoms with Gasteiger partial charge in [-0.15, -0.1) is 0 Å². The van der Waals surface area contributed by atoms with Crippen LogP contribution in [-0.2, 0) is 13.0 Å². The van der Waals surface area contributed by atoms with Gasteiger partial charge in [-0.2, -0.15) is 5.10 Å². The summed E-state index contributed by atoms with van der Waals surface area (Å²) < 4.78 is 0. The number of aromatic hydroxyl groups is 1. The van der Waals surface area contributed by atoms with Gasteiger partial charge in [-0.05, 0) is 59.4 Å². The SMILES string of the molecule is CCc1cc(O)ccc1-c1ccc2c(-c3nc(C4=CCN(Cc5cnc[nH]5)CC4)c[nH]3)n[nH]c2c1. The topological polar surface area (TPSA) is 110 Å². The van der Waals surface area contributed by atoms with E-state index in [0.717, 1.165) is 83.0 Å². The molecule has 1 aliphatic heterocycles. The Labute approximate surface area is 202 Å². The van der Waals surface area contributed by atoms with Crippen LogP contribution in [0.3, 0.4) is 0 Å². The van der Waals surface area contributed by atoms with E-state index in [4.69, 9.17) is 4.98 Å². The number of phenolic OH excluding ortho intramolecular Hbond substituents is 1. The van der Waals surface area contributed by atoms with E-state index in [1.54, 1.807) is 12.4 Å². The summed E-state index contributed by atoms with van der Waals surface area (Å²) in [6.45, 7) is 4.85. The molecule has 176 valence electrons. The Morgan fingerprint density at radius 2 is 2.06 bits per heavy atom. The number of nitrogens with zero attached hydrogens (tertiary/aromatic N) is 4. The number of benzene rings is 2. The fourth-order valence-electron chi connectivity index (χ4n) is 4.83. The molecular formula is C27H27N7O. The summed E-state index contributed by atoms with van der Waals surface area (Å²) in [7, 11) is 0. The van der Waals surface area contributed by atoms with Crippen molar-refractivity contribution in [1.82, 2.24) is 35.0 Å². The largest absolute Gasteiger partial charge is 0.508 e. The number of aromatic nitrogens is 6. The van der Waals surface area contributed by atoms with Crippen LogP contribution in [-0.4, -0.2) is 53.2 Å². The molecule has 4 N–H and O–H groups in total. The zero-order valence-corrected chi connectivity index (χ0v) is 19.5. The lowest BCUT2D eigenvalue weighted by Crippen LogP contribution is -2.28. The number of fused-ring (bicyclic) bond motifs is 1. The average molecular weight is 466 g/mol. The lowest BCUT2D eigenvalue weighted by molar-refractivity contribution is 0.290. The van der Waals surface area contributed by atoms with Gasteiger partial charge in [-0.25, -0.2) is 9.97 Å². The van der Waals surface area contributed by atoms with Gasteiger partial charge in [0.1, 0.15) is 11.4 Å². The quantitative estimate of drug-likeness (QED) is 0.285. The molecule has 0 radical (unpaired) electrons. The first kappa shape index (κ1) is 21.4. The van der Waals surface area contributed by atoms with Gasteiger partial charge in [0.15, 0.2) is 5.82 Å². The molecule has 8 heteroatoms. The van der Waals surface area contributed by atoms with E-state index in [1.807, 2.05) is 24.5 Å². The number of phenols is 1. The predicted octanol–water partition coefficient (Wildman–Crippen LogP) is 4.90. The zero-order valence-electron chi connectivity index (χ0n) is 19.5. The van der Waals surface area contributed by atoms with Crippen molar-refractivity contribution in [1.29, 1.82) is 0 Å². The van der Waals surface area contributed by atoms with Crippen LogP contribution in [0.5, 0.6) is 5.75 Å². The summed E-state index contributed by atoms with van der Waals surface area (Å²) in [5.74, 6) is 1.06. The molecule has 2 aromatic carbocycles. The van der Waals surface area contributed by atoms with Gasteiger partial charge in [-0.1, -0.05) is 25.1 Å². The smallest absolute Gasteiger partial charge is 0.159 e. The van der Waals surface area contributed by atoms with E-state index in [9.17, 15) is 5.11 Å². The van der Waals surface area contributed by atoms with Gasteiger partial charge in [0.25, 0.3) is 0 Å². The van der Waals surface area contributed by atoms with Crippen molar-refractivity contribution in [2.45, 2.75) is 26.3 Å². The summed E-state index contributed by atoms with van der Waals surface area (Å²) in [4.78, 5) is 17.9. The van der Waals surface area contributed by atoms with Crippen LogP contribution in [0.1, 0.15) is 30.3 Å². The first-order valence-corrected chi connectivity index (χ1v) is 11.9. The monoisotopic (exact) mass is 465 g/mol. The van der Waals surface area contributed by atoms with Crippen molar-refractivity contribution in [3.8, 4) is 28.4 Å². The Kier molecular flexibility index (Phi) is 5.42. The highest BCUT2D eigenvalue weighted by atomic mass is 16.3. The molecule has 0 saturated carbocycles. The van der Waals surface area contributed by atoms with E-state index in [0.29, 0.717) is 5.75 Å². The van der Waals surface area contributed by atoms with Crippen LogP contribution in [0.4, 0.5) is 0 Å². The fourth-order valence-corrected chi connectivity index (χ4v) is 4.83. The minimum absolute atomic E-state index is 0.294. The molecule has 35 heavy (non-hydrogen) atoms. The third-order valence-electron chi connectivity index (χ3n) is 6.72. The molecule has 0 amide bonds. The van der Waals surface area contributed by atoms with E-state index in [-0.39, 0.29) is 0 Å². The summed E-state index contributed by atoms with van der Waals surface area (Å²) in [6.07, 6.45) is 9.64. The lowest BCUT2D eigenvalue weighted by Gasteiger charge is -2.25. The molecule has 0 aliphatic carbocycles. The Bertz CT molecular complexity index is 1510. The Balaban J connectivity index is 1.23. The predicted molar refractivity (Wildman–Crippen MR) is 137 cm³/mol. The standard InChI is InChI=1S/C27H27N7O/c1-2-17-11-21(35)4-6-22(17)19-3-5-23-24(12-19)32-33-26(23)27-29-14-25(31-27)18-7-9-34(10-8-18)15-20-13-28-16-30-20/h3-7,11-14,16,35H,2,8-10,15H2,1H3,(H,28,30)(H,29,31)(H,32,33). The highest BCUT2D eigenvalue weighted by Crippen LogP contribution is 2.32. The summed E-state index contributed by atoms with van der Waals surface area (Å²) in [5.41, 5.74) is 8.47. The van der Waals surface area contributed by atoms with Crippen molar-refractivity contribution < 1.29 is 5.11 Å². The molecule has 3 aromatic heterocycles. The summed E-state index contributed by atoms with van der Waals surface area (Å²) in [6, 6.07) is 11.8. The molecule has 0 unspecified atom stereocenters. The van der Waals surface area contributed by atoms with Crippen LogP contribution >= 0.6 is 0 Å². The normalized spacial score (nSPS) is 14.5. The van der Waals surface area contributed by atoms with Crippen LogP contribution in [0.15, 0.2) is 61.2 Å².